The number of urea groups is 1. The minimum atomic E-state index is -1.14. The van der Waals surface area contributed by atoms with Crippen molar-refractivity contribution in [1.82, 2.24) is 21.1 Å². The van der Waals surface area contributed by atoms with Crippen molar-refractivity contribution in [1.29, 1.82) is 0 Å². The highest BCUT2D eigenvalue weighted by Gasteiger charge is 2.54. The van der Waals surface area contributed by atoms with E-state index >= 15 is 0 Å². The lowest BCUT2D eigenvalue weighted by Crippen LogP contribution is -2.49. The summed E-state index contributed by atoms with van der Waals surface area (Å²) in [4.78, 5) is 51.1. The maximum Gasteiger partial charge on any atom is 0.325 e. The lowest BCUT2D eigenvalue weighted by molar-refractivity contribution is -0.135. The summed E-state index contributed by atoms with van der Waals surface area (Å²) in [6.07, 6.45) is 2.06. The van der Waals surface area contributed by atoms with Gasteiger partial charge >= 0.3 is 6.03 Å². The van der Waals surface area contributed by atoms with Gasteiger partial charge in [-0.2, -0.15) is 0 Å². The molecule has 0 bridgehead atoms. The highest BCUT2D eigenvalue weighted by Crippen LogP contribution is 2.39. The van der Waals surface area contributed by atoms with Gasteiger partial charge in [0.2, 0.25) is 0 Å². The smallest absolute Gasteiger partial charge is 0.325 e. The van der Waals surface area contributed by atoms with Crippen LogP contribution in [-0.4, -0.2) is 42.3 Å². The van der Waals surface area contributed by atoms with Crippen LogP contribution < -0.4 is 20.9 Å². The molecule has 160 valence electrons. The molecule has 3 N–H and O–H groups in total. The van der Waals surface area contributed by atoms with E-state index in [0.29, 0.717) is 17.7 Å². The van der Waals surface area contributed by atoms with E-state index in [2.05, 4.69) is 16.2 Å². The molecule has 2 aliphatic rings. The third kappa shape index (κ3) is 3.70. The van der Waals surface area contributed by atoms with E-state index in [0.717, 1.165) is 28.9 Å². The first-order chi connectivity index (χ1) is 14.9. The van der Waals surface area contributed by atoms with E-state index in [4.69, 9.17) is 4.74 Å². The number of ether oxygens (including phenoxy) is 1. The van der Waals surface area contributed by atoms with Crippen molar-refractivity contribution < 1.29 is 23.9 Å². The van der Waals surface area contributed by atoms with Gasteiger partial charge in [0.05, 0.1) is 7.11 Å². The van der Waals surface area contributed by atoms with Crippen LogP contribution in [0.15, 0.2) is 48.5 Å². The van der Waals surface area contributed by atoms with E-state index < -0.39 is 35.8 Å². The lowest BCUT2D eigenvalue weighted by Gasteiger charge is -2.33. The number of fused-ring (bicyclic) bond motifs is 2. The maximum atomic E-state index is 13.2. The molecule has 2 aromatic rings. The van der Waals surface area contributed by atoms with Crippen LogP contribution in [0.5, 0.6) is 5.75 Å². The normalized spacial score (nSPS) is 19.6. The number of hydrazine groups is 1. The number of nitrogens with zero attached hydrogens (tertiary/aromatic N) is 1. The molecule has 31 heavy (non-hydrogen) atoms. The molecule has 4 rings (SSSR count). The summed E-state index contributed by atoms with van der Waals surface area (Å²) in [6, 6.07) is 13.2. The molecule has 1 spiro atoms. The Bertz CT molecular complexity index is 1050. The summed E-state index contributed by atoms with van der Waals surface area (Å²) in [6.45, 7) is -0.503. The highest BCUT2D eigenvalue weighted by molar-refractivity contribution is 6.09. The summed E-state index contributed by atoms with van der Waals surface area (Å²) < 4.78 is 5.03. The molecule has 9 nitrogen and oxygen atoms in total. The first kappa shape index (κ1) is 20.4. The molecule has 0 saturated carbocycles. The minimum absolute atomic E-state index is 0.314. The first-order valence-corrected chi connectivity index (χ1v) is 9.90. The highest BCUT2D eigenvalue weighted by atomic mass is 16.5. The van der Waals surface area contributed by atoms with Gasteiger partial charge in [-0.25, -0.2) is 4.79 Å². The Labute approximate surface area is 178 Å². The second-order valence-corrected chi connectivity index (χ2v) is 7.47. The Morgan fingerprint density at radius 1 is 1.10 bits per heavy atom. The average Bonchev–Trinajstić information content (AvgIpc) is 3.02. The molecule has 9 heteroatoms. The molecule has 1 aliphatic carbocycles. The molecule has 1 unspecified atom stereocenters. The van der Waals surface area contributed by atoms with Gasteiger partial charge in [-0.15, -0.1) is 0 Å². The molecular formula is C22H22N4O5. The van der Waals surface area contributed by atoms with E-state index in [1.165, 1.54) is 7.11 Å². The number of rotatable bonds is 4. The van der Waals surface area contributed by atoms with E-state index in [9.17, 15) is 19.2 Å². The summed E-state index contributed by atoms with van der Waals surface area (Å²) in [5.74, 6) is -1.09. The van der Waals surface area contributed by atoms with Gasteiger partial charge in [0.1, 0.15) is 17.8 Å². The summed E-state index contributed by atoms with van der Waals surface area (Å²) in [7, 11) is 1.52. The zero-order valence-electron chi connectivity index (χ0n) is 16.9. The second-order valence-electron chi connectivity index (χ2n) is 7.47. The van der Waals surface area contributed by atoms with Crippen LogP contribution >= 0.6 is 0 Å². The molecule has 1 atom stereocenters. The van der Waals surface area contributed by atoms with Crippen LogP contribution in [0.4, 0.5) is 4.79 Å². The maximum absolute atomic E-state index is 13.2. The van der Waals surface area contributed by atoms with Crippen LogP contribution in [0.1, 0.15) is 34.3 Å². The fraction of sp³-hybridized carbons (Fsp3) is 0.273. The number of amides is 5. The number of benzene rings is 2. The SMILES string of the molecule is COc1ccc(C(=O)NNC(=O)CN2C(=O)NC3(CCCc4ccccc43)C2=O)cc1. The fourth-order valence-corrected chi connectivity index (χ4v) is 4.08. The van der Waals surface area contributed by atoms with Crippen molar-refractivity contribution in [2.75, 3.05) is 13.7 Å². The van der Waals surface area contributed by atoms with Crippen LogP contribution in [-0.2, 0) is 21.5 Å². The topological polar surface area (TPSA) is 117 Å². The second kappa shape index (κ2) is 8.10. The van der Waals surface area contributed by atoms with Crippen LogP contribution in [0.3, 0.4) is 0 Å². The zero-order chi connectivity index (χ0) is 22.0. The summed E-state index contributed by atoms with van der Waals surface area (Å²) >= 11 is 0. The molecule has 5 amide bonds. The number of imide groups is 1. The molecule has 0 radical (unpaired) electrons. The number of carbonyl (C=O) groups is 4. The Balaban J connectivity index is 1.40. The Kier molecular flexibility index (Phi) is 5.33. The minimum Gasteiger partial charge on any atom is -0.497 e. The van der Waals surface area contributed by atoms with Crippen LogP contribution in [0, 0.1) is 0 Å². The molecule has 2 aromatic carbocycles. The Hall–Kier alpha value is -3.88. The van der Waals surface area contributed by atoms with Crippen molar-refractivity contribution >= 4 is 23.8 Å². The van der Waals surface area contributed by atoms with Gasteiger partial charge < -0.3 is 10.1 Å². The predicted octanol–water partition coefficient (Wildman–Crippen LogP) is 1.24. The van der Waals surface area contributed by atoms with Crippen molar-refractivity contribution in [2.45, 2.75) is 24.8 Å². The molecular weight excluding hydrogens is 400 g/mol. The van der Waals surface area contributed by atoms with Gasteiger partial charge in [0, 0.05) is 5.56 Å². The average molecular weight is 422 g/mol. The number of nitrogens with one attached hydrogen (secondary N) is 3. The van der Waals surface area contributed by atoms with Crippen molar-refractivity contribution in [3.05, 3.63) is 65.2 Å². The van der Waals surface area contributed by atoms with Crippen molar-refractivity contribution in [3.8, 4) is 5.75 Å². The molecule has 1 aliphatic heterocycles. The standard InChI is InChI=1S/C22H22N4O5/c1-31-16-10-8-15(9-11-16)19(28)25-24-18(27)13-26-20(29)22(23-21(26)30)12-4-6-14-5-2-3-7-17(14)22/h2-3,5,7-11H,4,6,12-13H2,1H3,(H,23,30)(H,24,27)(H,25,28). The third-order valence-electron chi connectivity index (χ3n) is 5.62. The van der Waals surface area contributed by atoms with Gasteiger partial charge in [-0.05, 0) is 54.7 Å². The molecule has 1 heterocycles. The van der Waals surface area contributed by atoms with Gasteiger partial charge in [-0.1, -0.05) is 24.3 Å². The predicted molar refractivity (Wildman–Crippen MR) is 110 cm³/mol. The number of carbonyl (C=O) groups excluding carboxylic acids is 4. The third-order valence-corrected chi connectivity index (χ3v) is 5.62. The van der Waals surface area contributed by atoms with E-state index in [1.54, 1.807) is 24.3 Å². The quantitative estimate of drug-likeness (QED) is 0.506. The number of hydrogen-bond donors (Lipinski definition) is 3. The number of aryl methyl sites for hydroxylation is 1. The van der Waals surface area contributed by atoms with Crippen molar-refractivity contribution in [2.24, 2.45) is 0 Å². The summed E-state index contributed by atoms with van der Waals surface area (Å²) in [5.41, 5.74) is 5.48. The monoisotopic (exact) mass is 422 g/mol. The molecule has 0 aromatic heterocycles. The lowest BCUT2D eigenvalue weighted by atomic mass is 9.76. The van der Waals surface area contributed by atoms with Crippen LogP contribution in [0.25, 0.3) is 0 Å². The van der Waals surface area contributed by atoms with E-state index in [-0.39, 0.29) is 0 Å². The van der Waals surface area contributed by atoms with E-state index in [1.807, 2.05) is 24.3 Å². The molecule has 1 fully saturated rings. The van der Waals surface area contributed by atoms with Gasteiger partial charge in [0.25, 0.3) is 17.7 Å². The fourth-order valence-electron chi connectivity index (χ4n) is 4.08. The van der Waals surface area contributed by atoms with Gasteiger partial charge in [0.15, 0.2) is 0 Å². The Morgan fingerprint density at radius 2 is 1.84 bits per heavy atom. The number of hydrogen-bond acceptors (Lipinski definition) is 5. The zero-order valence-corrected chi connectivity index (χ0v) is 16.9. The largest absolute Gasteiger partial charge is 0.497 e. The van der Waals surface area contributed by atoms with Crippen LogP contribution in [0.2, 0.25) is 0 Å². The molecule has 1 saturated heterocycles. The summed E-state index contributed by atoms with van der Waals surface area (Å²) in [5, 5.41) is 2.79. The van der Waals surface area contributed by atoms with Crippen molar-refractivity contribution in [3.63, 3.8) is 0 Å². The van der Waals surface area contributed by atoms with Gasteiger partial charge in [-0.3, -0.25) is 30.1 Å². The Morgan fingerprint density at radius 3 is 2.58 bits per heavy atom. The number of methoxy groups -OCH3 is 1. The first-order valence-electron chi connectivity index (χ1n) is 9.90.